The lowest BCUT2D eigenvalue weighted by Crippen LogP contribution is -2.06. The van der Waals surface area contributed by atoms with Gasteiger partial charge in [0.25, 0.3) is 0 Å². The van der Waals surface area contributed by atoms with Crippen LogP contribution in [0.3, 0.4) is 0 Å². The normalized spacial score (nSPS) is 10.8. The molecule has 0 spiro atoms. The summed E-state index contributed by atoms with van der Waals surface area (Å²) in [6.07, 6.45) is 4.74. The van der Waals surface area contributed by atoms with E-state index in [0.29, 0.717) is 0 Å². The van der Waals surface area contributed by atoms with Crippen LogP contribution in [0.1, 0.15) is 13.3 Å². The van der Waals surface area contributed by atoms with Crippen LogP contribution in [0.5, 0.6) is 0 Å². The Labute approximate surface area is 135 Å². The molecule has 2 aromatic rings. The second kappa shape index (κ2) is 7.81. The minimum absolute atomic E-state index is 0.763. The number of ether oxygens (including phenoxy) is 1. The first-order chi connectivity index (χ1) is 9.72. The first-order valence-corrected chi connectivity index (χ1v) is 8.11. The fourth-order valence-electron chi connectivity index (χ4n) is 1.82. The molecule has 0 unspecified atom stereocenters. The monoisotopic (exact) mass is 401 g/mol. The van der Waals surface area contributed by atoms with Crippen molar-refractivity contribution in [3.8, 4) is 0 Å². The predicted octanol–water partition coefficient (Wildman–Crippen LogP) is 4.58. The standard InChI is InChI=1S/C14H17Br2N3O/c1-2-20-10-4-8-19-9-7-17-14(19)18-13-11(15)5-3-6-12(13)16/h3,5-7,9H,2,4,8,10H2,1H3,(H,17,18). The zero-order valence-corrected chi connectivity index (χ0v) is 14.4. The zero-order chi connectivity index (χ0) is 14.4. The van der Waals surface area contributed by atoms with Gasteiger partial charge in [-0.15, -0.1) is 0 Å². The van der Waals surface area contributed by atoms with Gasteiger partial charge in [0.2, 0.25) is 5.95 Å². The zero-order valence-electron chi connectivity index (χ0n) is 11.3. The largest absolute Gasteiger partial charge is 0.382 e. The molecule has 0 atom stereocenters. The summed E-state index contributed by atoms with van der Waals surface area (Å²) < 4.78 is 9.44. The SMILES string of the molecule is CCOCCCn1ccnc1Nc1c(Br)cccc1Br. The van der Waals surface area contributed by atoms with Crippen LogP contribution >= 0.6 is 31.9 Å². The molecular formula is C14H17Br2N3O. The summed E-state index contributed by atoms with van der Waals surface area (Å²) in [5, 5.41) is 3.35. The molecule has 20 heavy (non-hydrogen) atoms. The van der Waals surface area contributed by atoms with Gasteiger partial charge in [-0.05, 0) is 57.3 Å². The number of aryl methyl sites for hydroxylation is 1. The third kappa shape index (κ3) is 4.07. The van der Waals surface area contributed by atoms with Crippen LogP contribution < -0.4 is 5.32 Å². The molecular weight excluding hydrogens is 386 g/mol. The van der Waals surface area contributed by atoms with Gasteiger partial charge in [-0.2, -0.15) is 0 Å². The lowest BCUT2D eigenvalue weighted by molar-refractivity contribution is 0.142. The Morgan fingerprint density at radius 1 is 1.30 bits per heavy atom. The highest BCUT2D eigenvalue weighted by atomic mass is 79.9. The van der Waals surface area contributed by atoms with Crippen LogP contribution in [0.2, 0.25) is 0 Å². The number of nitrogens with zero attached hydrogens (tertiary/aromatic N) is 2. The van der Waals surface area contributed by atoms with E-state index in [1.807, 2.05) is 31.3 Å². The van der Waals surface area contributed by atoms with Crippen molar-refractivity contribution in [2.24, 2.45) is 0 Å². The van der Waals surface area contributed by atoms with E-state index in [4.69, 9.17) is 4.74 Å². The fourth-order valence-corrected chi connectivity index (χ4v) is 3.02. The minimum Gasteiger partial charge on any atom is -0.382 e. The molecule has 4 nitrogen and oxygen atoms in total. The Morgan fingerprint density at radius 3 is 2.75 bits per heavy atom. The second-order valence-electron chi connectivity index (χ2n) is 4.22. The summed E-state index contributed by atoms with van der Waals surface area (Å²) in [5.74, 6) is 0.828. The minimum atomic E-state index is 0.763. The maximum atomic E-state index is 5.36. The number of aromatic nitrogens is 2. The number of hydrogen-bond donors (Lipinski definition) is 1. The van der Waals surface area contributed by atoms with Gasteiger partial charge in [0.15, 0.2) is 0 Å². The summed E-state index contributed by atoms with van der Waals surface area (Å²) in [6.45, 7) is 4.42. The number of anilines is 2. The Balaban J connectivity index is 2.05. The average Bonchev–Trinajstić information content (AvgIpc) is 2.87. The molecule has 0 saturated carbocycles. The smallest absolute Gasteiger partial charge is 0.207 e. The summed E-state index contributed by atoms with van der Waals surface area (Å²) in [4.78, 5) is 4.36. The Bertz CT molecular complexity index is 537. The number of halogens is 2. The van der Waals surface area contributed by atoms with Crippen molar-refractivity contribution in [3.05, 3.63) is 39.5 Å². The van der Waals surface area contributed by atoms with E-state index >= 15 is 0 Å². The third-order valence-corrected chi connectivity index (χ3v) is 4.13. The lowest BCUT2D eigenvalue weighted by atomic mass is 10.3. The van der Waals surface area contributed by atoms with Crippen LogP contribution in [0, 0.1) is 0 Å². The van der Waals surface area contributed by atoms with Crippen molar-refractivity contribution in [2.75, 3.05) is 18.5 Å². The van der Waals surface area contributed by atoms with Crippen molar-refractivity contribution in [1.29, 1.82) is 0 Å². The molecule has 0 bridgehead atoms. The highest BCUT2D eigenvalue weighted by molar-refractivity contribution is 9.11. The number of para-hydroxylation sites is 1. The molecule has 108 valence electrons. The Kier molecular flexibility index (Phi) is 6.06. The molecule has 0 radical (unpaired) electrons. The summed E-state index contributed by atoms with van der Waals surface area (Å²) in [7, 11) is 0. The van der Waals surface area contributed by atoms with Gasteiger partial charge in [-0.3, -0.25) is 0 Å². The molecule has 0 amide bonds. The van der Waals surface area contributed by atoms with Crippen LogP contribution in [-0.2, 0) is 11.3 Å². The summed E-state index contributed by atoms with van der Waals surface area (Å²) >= 11 is 7.08. The predicted molar refractivity (Wildman–Crippen MR) is 88.5 cm³/mol. The molecule has 1 aromatic carbocycles. The first kappa shape index (κ1) is 15.5. The Hall–Kier alpha value is -0.850. The molecule has 0 aliphatic heterocycles. The highest BCUT2D eigenvalue weighted by Gasteiger charge is 2.08. The maximum Gasteiger partial charge on any atom is 0.207 e. The van der Waals surface area contributed by atoms with Crippen LogP contribution in [0.4, 0.5) is 11.6 Å². The molecule has 0 saturated heterocycles. The number of imidazole rings is 1. The van der Waals surface area contributed by atoms with E-state index in [-0.39, 0.29) is 0 Å². The van der Waals surface area contributed by atoms with Crippen LogP contribution in [-0.4, -0.2) is 22.8 Å². The first-order valence-electron chi connectivity index (χ1n) is 6.52. The number of hydrogen-bond acceptors (Lipinski definition) is 3. The quantitative estimate of drug-likeness (QED) is 0.689. The molecule has 2 rings (SSSR count). The van der Waals surface area contributed by atoms with E-state index in [1.54, 1.807) is 6.20 Å². The average molecular weight is 403 g/mol. The van der Waals surface area contributed by atoms with Crippen molar-refractivity contribution < 1.29 is 4.74 Å². The lowest BCUT2D eigenvalue weighted by Gasteiger charge is -2.12. The fraction of sp³-hybridized carbons (Fsp3) is 0.357. The highest BCUT2D eigenvalue weighted by Crippen LogP contribution is 2.32. The van der Waals surface area contributed by atoms with Crippen molar-refractivity contribution in [3.63, 3.8) is 0 Å². The van der Waals surface area contributed by atoms with Crippen molar-refractivity contribution >= 4 is 43.5 Å². The molecule has 1 aromatic heterocycles. The van der Waals surface area contributed by atoms with Crippen molar-refractivity contribution in [2.45, 2.75) is 19.9 Å². The van der Waals surface area contributed by atoms with Crippen LogP contribution in [0.15, 0.2) is 39.5 Å². The van der Waals surface area contributed by atoms with Gasteiger partial charge in [-0.25, -0.2) is 4.98 Å². The molecule has 0 fully saturated rings. The third-order valence-electron chi connectivity index (χ3n) is 2.81. The van der Waals surface area contributed by atoms with Gasteiger partial charge in [0.05, 0.1) is 5.69 Å². The van der Waals surface area contributed by atoms with Gasteiger partial charge in [0, 0.05) is 41.1 Å². The van der Waals surface area contributed by atoms with Gasteiger partial charge < -0.3 is 14.6 Å². The summed E-state index contributed by atoms with van der Waals surface area (Å²) in [5.41, 5.74) is 0.977. The molecule has 6 heteroatoms. The van der Waals surface area contributed by atoms with E-state index < -0.39 is 0 Å². The van der Waals surface area contributed by atoms with E-state index in [9.17, 15) is 0 Å². The van der Waals surface area contributed by atoms with Gasteiger partial charge in [0.1, 0.15) is 0 Å². The molecule has 1 heterocycles. The van der Waals surface area contributed by atoms with E-state index in [2.05, 4.69) is 46.7 Å². The summed E-state index contributed by atoms with van der Waals surface area (Å²) in [6, 6.07) is 5.97. The molecule has 1 N–H and O–H groups in total. The topological polar surface area (TPSA) is 39.1 Å². The van der Waals surface area contributed by atoms with Gasteiger partial charge in [-0.1, -0.05) is 6.07 Å². The van der Waals surface area contributed by atoms with Gasteiger partial charge >= 0.3 is 0 Å². The maximum absolute atomic E-state index is 5.36. The number of rotatable bonds is 7. The van der Waals surface area contributed by atoms with E-state index in [0.717, 1.165) is 46.8 Å². The molecule has 0 aliphatic carbocycles. The van der Waals surface area contributed by atoms with E-state index in [1.165, 1.54) is 0 Å². The van der Waals surface area contributed by atoms with Crippen molar-refractivity contribution in [1.82, 2.24) is 9.55 Å². The second-order valence-corrected chi connectivity index (χ2v) is 5.93. The molecule has 0 aliphatic rings. The Morgan fingerprint density at radius 2 is 2.05 bits per heavy atom. The van der Waals surface area contributed by atoms with Crippen LogP contribution in [0.25, 0.3) is 0 Å². The number of nitrogens with one attached hydrogen (secondary N) is 1. The number of benzene rings is 1.